The van der Waals surface area contributed by atoms with Crippen LogP contribution in [-0.2, 0) is 0 Å². The zero-order valence-electron chi connectivity index (χ0n) is 21.6. The van der Waals surface area contributed by atoms with Crippen LogP contribution in [0.25, 0.3) is 0 Å². The second-order valence-electron chi connectivity index (χ2n) is 11.0. The summed E-state index contributed by atoms with van der Waals surface area (Å²) in [6.45, 7) is 18.6. The molecule has 0 aliphatic carbocycles. The van der Waals surface area contributed by atoms with Crippen LogP contribution < -0.4 is 0 Å². The summed E-state index contributed by atoms with van der Waals surface area (Å²) in [7, 11) is 0. The molecule has 0 N–H and O–H groups in total. The first-order valence-corrected chi connectivity index (χ1v) is 13.3. The monoisotopic (exact) mass is 413 g/mol. The molecule has 0 saturated carbocycles. The highest BCUT2D eigenvalue weighted by Crippen LogP contribution is 2.14. The summed E-state index contributed by atoms with van der Waals surface area (Å²) < 4.78 is 0. The summed E-state index contributed by atoms with van der Waals surface area (Å²) in [6, 6.07) is 0. The first-order valence-electron chi connectivity index (χ1n) is 13.3. The fraction of sp³-hybridized carbons (Fsp3) is 1.00. The molecule has 0 radical (unpaired) electrons. The van der Waals surface area contributed by atoms with Crippen molar-refractivity contribution in [2.45, 2.75) is 166 Å². The quantitative estimate of drug-likeness (QED) is 0.196. The summed E-state index contributed by atoms with van der Waals surface area (Å²) in [5.41, 5.74) is 0. The van der Waals surface area contributed by atoms with E-state index in [-0.39, 0.29) is 7.43 Å². The van der Waals surface area contributed by atoms with Crippen LogP contribution in [0.5, 0.6) is 0 Å². The van der Waals surface area contributed by atoms with Gasteiger partial charge >= 0.3 is 0 Å². The first-order chi connectivity index (χ1) is 13.3. The lowest BCUT2D eigenvalue weighted by Crippen LogP contribution is -1.89. The summed E-state index contributed by atoms with van der Waals surface area (Å²) in [5, 5.41) is 0. The summed E-state index contributed by atoms with van der Waals surface area (Å²) in [4.78, 5) is 0. The lowest BCUT2D eigenvalue weighted by atomic mass is 10.0. The van der Waals surface area contributed by atoms with Crippen LogP contribution in [-0.4, -0.2) is 0 Å². The normalized spacial score (nSPS) is 11.2. The highest BCUT2D eigenvalue weighted by atomic mass is 14.0. The lowest BCUT2D eigenvalue weighted by molar-refractivity contribution is 0.489. The summed E-state index contributed by atoms with van der Waals surface area (Å²) in [5.74, 6) is 3.60. The van der Waals surface area contributed by atoms with Gasteiger partial charge in [-0.1, -0.05) is 166 Å². The second kappa shape index (κ2) is 26.0. The topological polar surface area (TPSA) is 0 Å². The molecule has 0 heteroatoms. The van der Waals surface area contributed by atoms with Gasteiger partial charge in [0, 0.05) is 0 Å². The second-order valence-corrected chi connectivity index (χ2v) is 11.0. The van der Waals surface area contributed by atoms with Crippen molar-refractivity contribution in [2.75, 3.05) is 0 Å². The summed E-state index contributed by atoms with van der Waals surface area (Å²) in [6.07, 6.45) is 23.2. The Balaban J connectivity index is -0.000000455. The van der Waals surface area contributed by atoms with E-state index in [2.05, 4.69) is 55.4 Å². The lowest BCUT2D eigenvalue weighted by Gasteiger charge is -2.05. The van der Waals surface area contributed by atoms with Crippen molar-refractivity contribution in [1.29, 1.82) is 0 Å². The minimum absolute atomic E-state index is 0. The van der Waals surface area contributed by atoms with E-state index in [9.17, 15) is 0 Å². The molecule has 180 valence electrons. The highest BCUT2D eigenvalue weighted by Gasteiger charge is 1.97. The fourth-order valence-electron chi connectivity index (χ4n) is 3.62. The zero-order chi connectivity index (χ0) is 21.6. The maximum absolute atomic E-state index is 2.33. The molecule has 0 fully saturated rings. The van der Waals surface area contributed by atoms with E-state index in [0.29, 0.717) is 0 Å². The number of hydrogen-bond donors (Lipinski definition) is 0. The Morgan fingerprint density at radius 2 is 0.414 bits per heavy atom. The minimum Gasteiger partial charge on any atom is -0.0776 e. The van der Waals surface area contributed by atoms with Crippen LogP contribution in [0.15, 0.2) is 0 Å². The van der Waals surface area contributed by atoms with Crippen LogP contribution in [0.4, 0.5) is 0 Å². The molecule has 0 aliphatic heterocycles. The molecule has 0 amide bonds. The molecule has 0 aromatic rings. The van der Waals surface area contributed by atoms with Gasteiger partial charge in [-0.2, -0.15) is 0 Å². The van der Waals surface area contributed by atoms with Crippen LogP contribution in [0.1, 0.15) is 166 Å². The SMILES string of the molecule is C.CC(C)CCCCCCCC(C)C.CC(C)CCCCCCCCCC(C)C. The van der Waals surface area contributed by atoms with Gasteiger partial charge in [0.15, 0.2) is 0 Å². The van der Waals surface area contributed by atoms with Crippen LogP contribution >= 0.6 is 0 Å². The van der Waals surface area contributed by atoms with Gasteiger partial charge in [0.05, 0.1) is 0 Å². The molecule has 0 nitrogen and oxygen atoms in total. The number of rotatable bonds is 18. The standard InChI is InChI=1S/C15H32.C13H28.CH4/c1-14(2)12-10-8-6-5-7-9-11-13-15(3)4;1-12(2)10-8-6-5-7-9-11-13(3)4;/h14-15H,5-13H2,1-4H3;12-13H,5-11H2,1-4H3;1H4. The van der Waals surface area contributed by atoms with E-state index >= 15 is 0 Å². The number of hydrogen-bond acceptors (Lipinski definition) is 0. The van der Waals surface area contributed by atoms with Gasteiger partial charge in [0.2, 0.25) is 0 Å². The molecular weight excluding hydrogens is 348 g/mol. The van der Waals surface area contributed by atoms with Crippen LogP contribution in [0.2, 0.25) is 0 Å². The Labute approximate surface area is 189 Å². The van der Waals surface area contributed by atoms with Gasteiger partial charge in [-0.05, 0) is 23.7 Å². The minimum atomic E-state index is 0. The van der Waals surface area contributed by atoms with Gasteiger partial charge in [-0.15, -0.1) is 0 Å². The largest absolute Gasteiger partial charge is 0.0776 e. The Hall–Kier alpha value is 0. The van der Waals surface area contributed by atoms with Crippen molar-refractivity contribution in [1.82, 2.24) is 0 Å². The summed E-state index contributed by atoms with van der Waals surface area (Å²) >= 11 is 0. The van der Waals surface area contributed by atoms with Gasteiger partial charge in [0.25, 0.3) is 0 Å². The Kier molecular flexibility index (Phi) is 30.2. The molecule has 0 rings (SSSR count). The van der Waals surface area contributed by atoms with Crippen LogP contribution in [0, 0.1) is 23.7 Å². The van der Waals surface area contributed by atoms with Gasteiger partial charge in [-0.25, -0.2) is 0 Å². The average molecular weight is 413 g/mol. The van der Waals surface area contributed by atoms with Crippen molar-refractivity contribution in [3.8, 4) is 0 Å². The van der Waals surface area contributed by atoms with Crippen molar-refractivity contribution < 1.29 is 0 Å². The maximum atomic E-state index is 2.33. The molecule has 0 aromatic heterocycles. The van der Waals surface area contributed by atoms with Crippen molar-refractivity contribution in [3.63, 3.8) is 0 Å². The third-order valence-corrected chi connectivity index (χ3v) is 5.63. The van der Waals surface area contributed by atoms with Crippen LogP contribution in [0.3, 0.4) is 0 Å². The molecule has 0 unspecified atom stereocenters. The smallest absolute Gasteiger partial charge is 0.0471 e. The van der Waals surface area contributed by atoms with E-state index in [1.807, 2.05) is 0 Å². The Morgan fingerprint density at radius 1 is 0.276 bits per heavy atom. The molecule has 0 atom stereocenters. The first kappa shape index (κ1) is 33.6. The molecule has 0 saturated heterocycles. The molecule has 0 heterocycles. The predicted octanol–water partition coefficient (Wildman–Crippen LogP) is 11.5. The van der Waals surface area contributed by atoms with E-state index in [1.54, 1.807) is 0 Å². The molecule has 0 bridgehead atoms. The molecular formula is C29H64. The molecule has 0 aliphatic rings. The molecule has 0 aromatic carbocycles. The van der Waals surface area contributed by atoms with Crippen molar-refractivity contribution in [3.05, 3.63) is 0 Å². The van der Waals surface area contributed by atoms with E-state index in [4.69, 9.17) is 0 Å². The van der Waals surface area contributed by atoms with Gasteiger partial charge in [-0.3, -0.25) is 0 Å². The maximum Gasteiger partial charge on any atom is -0.0471 e. The third-order valence-electron chi connectivity index (χ3n) is 5.63. The fourth-order valence-corrected chi connectivity index (χ4v) is 3.62. The van der Waals surface area contributed by atoms with Gasteiger partial charge in [0.1, 0.15) is 0 Å². The number of unbranched alkanes of at least 4 members (excludes halogenated alkanes) is 10. The highest BCUT2D eigenvalue weighted by molar-refractivity contribution is 4.51. The average Bonchev–Trinajstić information content (AvgIpc) is 2.59. The van der Waals surface area contributed by atoms with Crippen molar-refractivity contribution in [2.24, 2.45) is 23.7 Å². The van der Waals surface area contributed by atoms with E-state index in [1.165, 1.54) is 103 Å². The van der Waals surface area contributed by atoms with E-state index in [0.717, 1.165) is 23.7 Å². The molecule has 0 spiro atoms. The Morgan fingerprint density at radius 3 is 0.552 bits per heavy atom. The third kappa shape index (κ3) is 39.1. The Bertz CT molecular complexity index is 235. The predicted molar refractivity (Wildman–Crippen MR) is 140 cm³/mol. The van der Waals surface area contributed by atoms with Crippen molar-refractivity contribution >= 4 is 0 Å². The van der Waals surface area contributed by atoms with Gasteiger partial charge < -0.3 is 0 Å². The molecule has 29 heavy (non-hydrogen) atoms. The van der Waals surface area contributed by atoms with E-state index < -0.39 is 0 Å². The zero-order valence-corrected chi connectivity index (χ0v) is 21.6.